The zero-order chi connectivity index (χ0) is 9.68. The first kappa shape index (κ1) is 10.5. The first-order valence-electron chi connectivity index (χ1n) is 5.43. The first-order chi connectivity index (χ1) is 6.27. The van der Waals surface area contributed by atoms with Crippen LogP contribution in [0.15, 0.2) is 0 Å². The van der Waals surface area contributed by atoms with Gasteiger partial charge >= 0.3 is 0 Å². The fraction of sp³-hybridized carbons (Fsp3) is 0.909. The van der Waals surface area contributed by atoms with Gasteiger partial charge in [-0.2, -0.15) is 5.26 Å². The van der Waals surface area contributed by atoms with Crippen molar-refractivity contribution < 1.29 is 0 Å². The number of hydrogen-bond donors (Lipinski definition) is 1. The third-order valence-electron chi connectivity index (χ3n) is 3.14. The predicted molar refractivity (Wildman–Crippen MR) is 54.2 cm³/mol. The zero-order valence-electron chi connectivity index (χ0n) is 8.71. The van der Waals surface area contributed by atoms with E-state index in [1.54, 1.807) is 0 Å². The highest BCUT2D eigenvalue weighted by Gasteiger charge is 2.22. The smallest absolute Gasteiger partial charge is 0.0952 e. The first-order valence-corrected chi connectivity index (χ1v) is 5.43. The van der Waals surface area contributed by atoms with E-state index in [-0.39, 0.29) is 6.04 Å². The quantitative estimate of drug-likeness (QED) is 0.721. The highest BCUT2D eigenvalue weighted by molar-refractivity contribution is 4.91. The highest BCUT2D eigenvalue weighted by atomic mass is 14.9. The number of rotatable bonds is 4. The van der Waals surface area contributed by atoms with Crippen molar-refractivity contribution in [3.05, 3.63) is 0 Å². The summed E-state index contributed by atoms with van der Waals surface area (Å²) in [5.41, 5.74) is 0. The molecule has 1 saturated carbocycles. The number of nitriles is 1. The van der Waals surface area contributed by atoms with Gasteiger partial charge in [-0.1, -0.05) is 19.8 Å². The summed E-state index contributed by atoms with van der Waals surface area (Å²) in [4.78, 5) is 0. The van der Waals surface area contributed by atoms with Crippen LogP contribution in [0.3, 0.4) is 0 Å². The summed E-state index contributed by atoms with van der Waals surface area (Å²) >= 11 is 0. The van der Waals surface area contributed by atoms with Crippen molar-refractivity contribution in [2.24, 2.45) is 5.92 Å². The Hall–Kier alpha value is -0.550. The molecule has 0 spiro atoms. The molecule has 1 aliphatic carbocycles. The molecule has 0 saturated heterocycles. The molecule has 0 bridgehead atoms. The van der Waals surface area contributed by atoms with Crippen molar-refractivity contribution in [3.63, 3.8) is 0 Å². The SMILES string of the molecule is CCC(C#N)N[C@@H](C)C1CCCC1. The lowest BCUT2D eigenvalue weighted by atomic mass is 9.99. The lowest BCUT2D eigenvalue weighted by Gasteiger charge is -2.22. The second-order valence-electron chi connectivity index (χ2n) is 4.09. The molecular formula is C11H20N2. The van der Waals surface area contributed by atoms with E-state index in [1.807, 2.05) is 0 Å². The fourth-order valence-electron chi connectivity index (χ4n) is 2.16. The third kappa shape index (κ3) is 3.00. The van der Waals surface area contributed by atoms with Gasteiger partial charge in [0.2, 0.25) is 0 Å². The van der Waals surface area contributed by atoms with E-state index in [0.29, 0.717) is 6.04 Å². The summed E-state index contributed by atoms with van der Waals surface area (Å²) in [7, 11) is 0. The maximum atomic E-state index is 8.81. The van der Waals surface area contributed by atoms with Gasteiger partial charge in [0, 0.05) is 6.04 Å². The summed E-state index contributed by atoms with van der Waals surface area (Å²) in [5, 5.41) is 12.2. The van der Waals surface area contributed by atoms with Gasteiger partial charge in [0.05, 0.1) is 12.1 Å². The maximum Gasteiger partial charge on any atom is 0.0952 e. The van der Waals surface area contributed by atoms with Crippen LogP contribution in [0.1, 0.15) is 46.0 Å². The largest absolute Gasteiger partial charge is 0.299 e. The van der Waals surface area contributed by atoms with Crippen LogP contribution in [0.4, 0.5) is 0 Å². The molecule has 0 amide bonds. The molecule has 0 heterocycles. The topological polar surface area (TPSA) is 35.8 Å². The van der Waals surface area contributed by atoms with Gasteiger partial charge < -0.3 is 0 Å². The summed E-state index contributed by atoms with van der Waals surface area (Å²) < 4.78 is 0. The molecule has 2 nitrogen and oxygen atoms in total. The van der Waals surface area contributed by atoms with Crippen molar-refractivity contribution in [1.82, 2.24) is 5.32 Å². The summed E-state index contributed by atoms with van der Waals surface area (Å²) in [6.45, 7) is 4.28. The van der Waals surface area contributed by atoms with Crippen molar-refractivity contribution in [1.29, 1.82) is 5.26 Å². The molecule has 13 heavy (non-hydrogen) atoms. The van der Waals surface area contributed by atoms with Crippen molar-refractivity contribution in [3.8, 4) is 6.07 Å². The van der Waals surface area contributed by atoms with E-state index >= 15 is 0 Å². The molecule has 1 fully saturated rings. The second-order valence-corrected chi connectivity index (χ2v) is 4.09. The molecule has 1 aliphatic rings. The Morgan fingerprint density at radius 1 is 1.46 bits per heavy atom. The molecule has 1 N–H and O–H groups in total. The Labute approximate surface area is 81.3 Å². The molecule has 0 radical (unpaired) electrons. The van der Waals surface area contributed by atoms with Crippen LogP contribution < -0.4 is 5.32 Å². The monoisotopic (exact) mass is 180 g/mol. The zero-order valence-corrected chi connectivity index (χ0v) is 8.71. The Balaban J connectivity index is 2.30. The average molecular weight is 180 g/mol. The molecule has 0 aromatic rings. The number of hydrogen-bond acceptors (Lipinski definition) is 2. The van der Waals surface area contributed by atoms with Crippen molar-refractivity contribution in [2.45, 2.75) is 58.0 Å². The van der Waals surface area contributed by atoms with Crippen LogP contribution in [0, 0.1) is 17.2 Å². The standard InChI is InChI=1S/C11H20N2/c1-3-11(8-12)13-9(2)10-6-4-5-7-10/h9-11,13H,3-7H2,1-2H3/t9-,11?/m0/s1. The molecule has 0 aromatic heterocycles. The average Bonchev–Trinajstić information content (AvgIpc) is 2.66. The Morgan fingerprint density at radius 3 is 2.54 bits per heavy atom. The number of nitrogens with one attached hydrogen (secondary N) is 1. The lowest BCUT2D eigenvalue weighted by Crippen LogP contribution is -2.39. The Bertz CT molecular complexity index is 177. The minimum Gasteiger partial charge on any atom is -0.299 e. The van der Waals surface area contributed by atoms with Crippen molar-refractivity contribution >= 4 is 0 Å². The van der Waals surface area contributed by atoms with Gasteiger partial charge in [-0.3, -0.25) is 5.32 Å². The molecule has 2 atom stereocenters. The summed E-state index contributed by atoms with van der Waals surface area (Å²) in [6, 6.07) is 2.87. The molecule has 0 aliphatic heterocycles. The molecule has 1 unspecified atom stereocenters. The molecular weight excluding hydrogens is 160 g/mol. The third-order valence-corrected chi connectivity index (χ3v) is 3.14. The van der Waals surface area contributed by atoms with E-state index < -0.39 is 0 Å². The highest BCUT2D eigenvalue weighted by Crippen LogP contribution is 2.27. The van der Waals surface area contributed by atoms with Crippen LogP contribution in [0.2, 0.25) is 0 Å². The predicted octanol–water partition coefficient (Wildman–Crippen LogP) is 2.46. The lowest BCUT2D eigenvalue weighted by molar-refractivity contribution is 0.361. The summed E-state index contributed by atoms with van der Waals surface area (Å²) in [6.07, 6.45) is 6.35. The van der Waals surface area contributed by atoms with E-state index in [9.17, 15) is 0 Å². The second kappa shape index (κ2) is 5.24. The van der Waals surface area contributed by atoms with Gasteiger partial charge in [-0.25, -0.2) is 0 Å². The van der Waals surface area contributed by atoms with E-state index in [1.165, 1.54) is 25.7 Å². The van der Waals surface area contributed by atoms with Gasteiger partial charge in [0.1, 0.15) is 0 Å². The van der Waals surface area contributed by atoms with Crippen LogP contribution in [-0.2, 0) is 0 Å². The van der Waals surface area contributed by atoms with E-state index in [2.05, 4.69) is 25.2 Å². The van der Waals surface area contributed by atoms with Crippen LogP contribution in [-0.4, -0.2) is 12.1 Å². The normalized spacial score (nSPS) is 22.5. The molecule has 74 valence electrons. The van der Waals surface area contributed by atoms with Crippen LogP contribution in [0.5, 0.6) is 0 Å². The van der Waals surface area contributed by atoms with Gasteiger partial charge in [-0.05, 0) is 32.1 Å². The van der Waals surface area contributed by atoms with Gasteiger partial charge in [0.15, 0.2) is 0 Å². The van der Waals surface area contributed by atoms with Crippen LogP contribution in [0.25, 0.3) is 0 Å². The van der Waals surface area contributed by atoms with Gasteiger partial charge in [-0.15, -0.1) is 0 Å². The minimum absolute atomic E-state index is 0.0515. The summed E-state index contributed by atoms with van der Waals surface area (Å²) in [5.74, 6) is 0.808. The molecule has 1 rings (SSSR count). The minimum atomic E-state index is 0.0515. The molecule has 0 aromatic carbocycles. The fourth-order valence-corrected chi connectivity index (χ4v) is 2.16. The Morgan fingerprint density at radius 2 is 2.08 bits per heavy atom. The van der Waals surface area contributed by atoms with Crippen molar-refractivity contribution in [2.75, 3.05) is 0 Å². The van der Waals surface area contributed by atoms with E-state index in [0.717, 1.165) is 12.3 Å². The molecule has 2 heteroatoms. The van der Waals surface area contributed by atoms with Gasteiger partial charge in [0.25, 0.3) is 0 Å². The Kier molecular flexibility index (Phi) is 4.24. The van der Waals surface area contributed by atoms with Crippen LogP contribution >= 0.6 is 0 Å². The number of nitrogens with zero attached hydrogens (tertiary/aromatic N) is 1. The van der Waals surface area contributed by atoms with E-state index in [4.69, 9.17) is 5.26 Å². The maximum absolute atomic E-state index is 8.81.